The molecule has 2 rings (SSSR count). The molecule has 1 atom stereocenters. The van der Waals surface area contributed by atoms with E-state index in [4.69, 9.17) is 11.5 Å². The second-order valence-corrected chi connectivity index (χ2v) is 5.20. The molecule has 0 heterocycles. The molecule has 4 nitrogen and oxygen atoms in total. The van der Waals surface area contributed by atoms with Crippen LogP contribution < -0.4 is 11.5 Å². The molecule has 0 fully saturated rings. The lowest BCUT2D eigenvalue weighted by molar-refractivity contribution is 0.679. The Hall–Kier alpha value is -2.14. The molecule has 0 spiro atoms. The van der Waals surface area contributed by atoms with E-state index in [0.717, 1.165) is 11.1 Å². The second kappa shape index (κ2) is 6.15. The fourth-order valence-corrected chi connectivity index (χ4v) is 2.93. The van der Waals surface area contributed by atoms with Crippen LogP contribution in [0.3, 0.4) is 0 Å². The number of hydrogen-bond acceptors (Lipinski definition) is 1. The Kier molecular flexibility index (Phi) is 4.30. The van der Waals surface area contributed by atoms with Crippen molar-refractivity contribution in [3.8, 4) is 0 Å². The Labute approximate surface area is 114 Å². The zero-order valence-corrected chi connectivity index (χ0v) is 11.1. The average molecular weight is 273 g/mol. The molecular weight excluding hydrogens is 258 g/mol. The molecule has 0 saturated heterocycles. The van der Waals surface area contributed by atoms with Gasteiger partial charge in [0.2, 0.25) is 0 Å². The third-order valence-electron chi connectivity index (χ3n) is 2.60. The zero-order chi connectivity index (χ0) is 13.7. The standard InChI is InChI=1S/C14H15N3OS/c15-14(16)17-19(18)13(11-7-3-1-4-8-11)12-9-5-2-6-10-12/h1-10,13H,(H4,15,16,17). The Bertz CT molecular complexity index is 541. The highest BCUT2D eigenvalue weighted by atomic mass is 32.2. The summed E-state index contributed by atoms with van der Waals surface area (Å²) in [6, 6.07) is 19.1. The Morgan fingerprint density at radius 3 is 1.68 bits per heavy atom. The van der Waals surface area contributed by atoms with Crippen LogP contribution in [-0.2, 0) is 11.0 Å². The van der Waals surface area contributed by atoms with Crippen molar-refractivity contribution in [3.05, 3.63) is 71.8 Å². The smallest absolute Gasteiger partial charge is 0.200 e. The highest BCUT2D eigenvalue weighted by molar-refractivity contribution is 7.84. The third-order valence-corrected chi connectivity index (χ3v) is 3.94. The van der Waals surface area contributed by atoms with E-state index in [1.54, 1.807) is 0 Å². The molecule has 0 aromatic heterocycles. The van der Waals surface area contributed by atoms with Crippen molar-refractivity contribution in [2.24, 2.45) is 15.9 Å². The fraction of sp³-hybridized carbons (Fsp3) is 0.0714. The summed E-state index contributed by atoms with van der Waals surface area (Å²) in [7, 11) is -1.55. The number of hydrogen-bond donors (Lipinski definition) is 2. The first-order valence-corrected chi connectivity index (χ1v) is 6.95. The van der Waals surface area contributed by atoms with Gasteiger partial charge in [-0.15, -0.1) is 0 Å². The largest absolute Gasteiger partial charge is 0.369 e. The van der Waals surface area contributed by atoms with E-state index in [-0.39, 0.29) is 11.2 Å². The molecule has 2 aromatic rings. The highest BCUT2D eigenvalue weighted by Gasteiger charge is 2.20. The highest BCUT2D eigenvalue weighted by Crippen LogP contribution is 2.28. The van der Waals surface area contributed by atoms with E-state index in [1.807, 2.05) is 60.7 Å². The van der Waals surface area contributed by atoms with E-state index in [1.165, 1.54) is 0 Å². The van der Waals surface area contributed by atoms with Crippen molar-refractivity contribution < 1.29 is 4.21 Å². The summed E-state index contributed by atoms with van der Waals surface area (Å²) in [4.78, 5) is 0. The molecule has 0 aliphatic carbocycles. The predicted molar refractivity (Wildman–Crippen MR) is 78.7 cm³/mol. The van der Waals surface area contributed by atoms with Crippen LogP contribution in [0.25, 0.3) is 0 Å². The van der Waals surface area contributed by atoms with Crippen molar-refractivity contribution in [3.63, 3.8) is 0 Å². The van der Waals surface area contributed by atoms with Crippen LogP contribution in [0.5, 0.6) is 0 Å². The molecule has 0 saturated carbocycles. The van der Waals surface area contributed by atoms with Gasteiger partial charge in [-0.2, -0.15) is 4.40 Å². The molecule has 0 radical (unpaired) electrons. The van der Waals surface area contributed by atoms with Crippen LogP contribution in [0.15, 0.2) is 65.1 Å². The van der Waals surface area contributed by atoms with E-state index in [9.17, 15) is 4.21 Å². The Balaban J connectivity index is 2.46. The summed E-state index contributed by atoms with van der Waals surface area (Å²) in [6.45, 7) is 0. The van der Waals surface area contributed by atoms with Crippen LogP contribution in [-0.4, -0.2) is 10.2 Å². The predicted octanol–water partition coefficient (Wildman–Crippen LogP) is 1.71. The van der Waals surface area contributed by atoms with E-state index >= 15 is 0 Å². The van der Waals surface area contributed by atoms with Gasteiger partial charge in [0.25, 0.3) is 0 Å². The van der Waals surface area contributed by atoms with E-state index < -0.39 is 11.0 Å². The van der Waals surface area contributed by atoms with E-state index in [2.05, 4.69) is 4.40 Å². The first kappa shape index (κ1) is 13.3. The van der Waals surface area contributed by atoms with Gasteiger partial charge in [0, 0.05) is 0 Å². The van der Waals surface area contributed by atoms with Gasteiger partial charge >= 0.3 is 0 Å². The van der Waals surface area contributed by atoms with Crippen molar-refractivity contribution >= 4 is 16.9 Å². The first-order chi connectivity index (χ1) is 9.18. The maximum atomic E-state index is 12.3. The topological polar surface area (TPSA) is 81.5 Å². The maximum absolute atomic E-state index is 12.3. The van der Waals surface area contributed by atoms with Gasteiger partial charge in [-0.05, 0) is 11.1 Å². The fourth-order valence-electron chi connectivity index (χ4n) is 1.84. The molecule has 19 heavy (non-hydrogen) atoms. The number of guanidine groups is 1. The van der Waals surface area contributed by atoms with Gasteiger partial charge in [0.05, 0.1) is 0 Å². The Morgan fingerprint density at radius 1 is 0.895 bits per heavy atom. The van der Waals surface area contributed by atoms with Crippen LogP contribution in [0.4, 0.5) is 0 Å². The average Bonchev–Trinajstić information content (AvgIpc) is 2.40. The normalized spacial score (nSPS) is 12.1. The third kappa shape index (κ3) is 3.42. The number of nitrogens with two attached hydrogens (primary N) is 2. The number of rotatable bonds is 4. The minimum atomic E-state index is -1.55. The summed E-state index contributed by atoms with van der Waals surface area (Å²) in [5, 5.41) is -0.371. The molecule has 0 bridgehead atoms. The van der Waals surface area contributed by atoms with Crippen LogP contribution >= 0.6 is 0 Å². The number of benzene rings is 2. The van der Waals surface area contributed by atoms with Crippen molar-refractivity contribution in [1.82, 2.24) is 0 Å². The van der Waals surface area contributed by atoms with Crippen molar-refractivity contribution in [1.29, 1.82) is 0 Å². The molecule has 0 aliphatic rings. The summed E-state index contributed by atoms with van der Waals surface area (Å²) in [5.74, 6) is -0.171. The maximum Gasteiger partial charge on any atom is 0.200 e. The lowest BCUT2D eigenvalue weighted by Gasteiger charge is -2.14. The summed E-state index contributed by atoms with van der Waals surface area (Å²) in [6.07, 6.45) is 0. The van der Waals surface area contributed by atoms with Crippen LogP contribution in [0.1, 0.15) is 16.4 Å². The molecule has 5 heteroatoms. The van der Waals surface area contributed by atoms with Crippen molar-refractivity contribution in [2.75, 3.05) is 0 Å². The van der Waals surface area contributed by atoms with Gasteiger partial charge in [0.15, 0.2) is 16.9 Å². The van der Waals surface area contributed by atoms with Gasteiger partial charge in [-0.25, -0.2) is 4.21 Å². The first-order valence-electron chi connectivity index (χ1n) is 5.78. The SMILES string of the molecule is NC(N)=NS(=O)C(c1ccccc1)c1ccccc1. The molecular formula is C14H15N3OS. The summed E-state index contributed by atoms with van der Waals surface area (Å²) < 4.78 is 16.1. The van der Waals surface area contributed by atoms with Crippen LogP contribution in [0.2, 0.25) is 0 Å². The Morgan fingerprint density at radius 2 is 1.32 bits per heavy atom. The van der Waals surface area contributed by atoms with Gasteiger partial charge < -0.3 is 11.5 Å². The van der Waals surface area contributed by atoms with Gasteiger partial charge in [-0.3, -0.25) is 0 Å². The molecule has 4 N–H and O–H groups in total. The van der Waals surface area contributed by atoms with Gasteiger partial charge in [-0.1, -0.05) is 60.7 Å². The van der Waals surface area contributed by atoms with E-state index in [0.29, 0.717) is 0 Å². The summed E-state index contributed by atoms with van der Waals surface area (Å²) >= 11 is 0. The molecule has 1 unspecified atom stereocenters. The quantitative estimate of drug-likeness (QED) is 0.657. The van der Waals surface area contributed by atoms with Gasteiger partial charge in [0.1, 0.15) is 5.25 Å². The lowest BCUT2D eigenvalue weighted by atomic mass is 10.0. The minimum Gasteiger partial charge on any atom is -0.369 e. The minimum absolute atomic E-state index is 0.171. The van der Waals surface area contributed by atoms with Crippen molar-refractivity contribution in [2.45, 2.75) is 5.25 Å². The molecule has 0 aliphatic heterocycles. The molecule has 0 amide bonds. The second-order valence-electron chi connectivity index (χ2n) is 3.99. The van der Waals surface area contributed by atoms with Crippen LogP contribution in [0, 0.1) is 0 Å². The molecule has 2 aromatic carbocycles. The lowest BCUT2D eigenvalue weighted by Crippen LogP contribution is -2.24. The zero-order valence-electron chi connectivity index (χ0n) is 10.3. The monoisotopic (exact) mass is 273 g/mol. The number of nitrogens with zero attached hydrogens (tertiary/aromatic N) is 1. The summed E-state index contributed by atoms with van der Waals surface area (Å²) in [5.41, 5.74) is 12.5. The molecule has 98 valence electrons.